The monoisotopic (exact) mass is 269 g/mol. The lowest BCUT2D eigenvalue weighted by molar-refractivity contribution is -0.107. The Bertz CT molecular complexity index is 497. The average molecular weight is 270 g/mol. The van der Waals surface area contributed by atoms with E-state index in [1.54, 1.807) is 18.2 Å². The van der Waals surface area contributed by atoms with Gasteiger partial charge in [-0.3, -0.25) is 4.79 Å². The number of carbonyl (C=O) groups excluding carboxylic acids is 1. The molecule has 0 atom stereocenters. The molecule has 0 radical (unpaired) electrons. The van der Waals surface area contributed by atoms with E-state index < -0.39 is 0 Å². The number of nitrogens with zero attached hydrogens (tertiary/aromatic N) is 1. The molecule has 1 aliphatic heterocycles. The number of hydrogen-bond acceptors (Lipinski definition) is 4. The molecule has 0 N–H and O–H groups in total. The third kappa shape index (κ3) is 2.70. The lowest BCUT2D eigenvalue weighted by atomic mass is 10.2. The van der Waals surface area contributed by atoms with Crippen molar-refractivity contribution >= 4 is 50.7 Å². The number of hydrogen-bond donors (Lipinski definition) is 0. The molecule has 1 heterocycles. The second kappa shape index (κ2) is 5.08. The van der Waals surface area contributed by atoms with Gasteiger partial charge in [0.1, 0.15) is 10.1 Å². The van der Waals surface area contributed by atoms with Crippen molar-refractivity contribution in [2.75, 3.05) is 6.26 Å². The number of carbonyl (C=O) groups is 1. The smallest absolute Gasteiger partial charge is 0.244 e. The standard InChI is InChI=1S/C11H8ClNOS2/c1-15-11-13-9(10(14)16-11)6-7-3-2-4-8(12)5-7/h2-6H,1H3. The Kier molecular flexibility index (Phi) is 3.74. The quantitative estimate of drug-likeness (QED) is 0.729. The summed E-state index contributed by atoms with van der Waals surface area (Å²) in [4.78, 5) is 15.8. The predicted octanol–water partition coefficient (Wildman–Crippen LogP) is 3.67. The minimum absolute atomic E-state index is 0.00988. The summed E-state index contributed by atoms with van der Waals surface area (Å²) in [5.74, 6) is 0. The first-order valence-electron chi connectivity index (χ1n) is 4.51. The van der Waals surface area contributed by atoms with Crippen LogP contribution in [-0.2, 0) is 4.79 Å². The van der Waals surface area contributed by atoms with Gasteiger partial charge < -0.3 is 0 Å². The van der Waals surface area contributed by atoms with Crippen molar-refractivity contribution in [1.29, 1.82) is 0 Å². The van der Waals surface area contributed by atoms with Crippen LogP contribution in [0, 0.1) is 0 Å². The molecule has 0 amide bonds. The summed E-state index contributed by atoms with van der Waals surface area (Å²) in [5.41, 5.74) is 1.37. The molecule has 2 rings (SSSR count). The fraction of sp³-hybridized carbons (Fsp3) is 0.0909. The Labute approximate surface area is 107 Å². The average Bonchev–Trinajstić information content (AvgIpc) is 2.60. The molecule has 82 valence electrons. The Morgan fingerprint density at radius 2 is 2.31 bits per heavy atom. The van der Waals surface area contributed by atoms with Crippen LogP contribution in [0.15, 0.2) is 35.0 Å². The summed E-state index contributed by atoms with van der Waals surface area (Å²) in [7, 11) is 0. The number of halogens is 1. The molecule has 16 heavy (non-hydrogen) atoms. The molecular formula is C11H8ClNOS2. The molecule has 1 aromatic carbocycles. The second-order valence-electron chi connectivity index (χ2n) is 3.06. The highest BCUT2D eigenvalue weighted by Gasteiger charge is 2.21. The van der Waals surface area contributed by atoms with E-state index in [1.807, 2.05) is 18.4 Å². The summed E-state index contributed by atoms with van der Waals surface area (Å²) in [6, 6.07) is 7.34. The van der Waals surface area contributed by atoms with E-state index in [2.05, 4.69) is 4.99 Å². The lowest BCUT2D eigenvalue weighted by Crippen LogP contribution is -1.87. The van der Waals surface area contributed by atoms with Crippen molar-refractivity contribution in [3.8, 4) is 0 Å². The van der Waals surface area contributed by atoms with Gasteiger partial charge in [-0.15, -0.1) is 11.8 Å². The molecule has 0 spiro atoms. The summed E-state index contributed by atoms with van der Waals surface area (Å²) < 4.78 is 0.790. The van der Waals surface area contributed by atoms with E-state index >= 15 is 0 Å². The Balaban J connectivity index is 2.31. The Hall–Kier alpha value is -0.710. The zero-order valence-electron chi connectivity index (χ0n) is 8.44. The third-order valence-corrected chi connectivity index (χ3v) is 4.01. The minimum Gasteiger partial charge on any atom is -0.279 e. The first-order valence-corrected chi connectivity index (χ1v) is 6.93. The molecule has 0 aliphatic carbocycles. The first kappa shape index (κ1) is 11.8. The van der Waals surface area contributed by atoms with Crippen LogP contribution in [-0.4, -0.2) is 15.7 Å². The summed E-state index contributed by atoms with van der Waals surface area (Å²) in [6.07, 6.45) is 3.66. The fourth-order valence-electron chi connectivity index (χ4n) is 1.23. The van der Waals surface area contributed by atoms with Gasteiger partial charge in [0.25, 0.3) is 0 Å². The highest BCUT2D eigenvalue weighted by atomic mass is 35.5. The van der Waals surface area contributed by atoms with Crippen molar-refractivity contribution in [3.05, 3.63) is 40.5 Å². The highest BCUT2D eigenvalue weighted by Crippen LogP contribution is 2.29. The van der Waals surface area contributed by atoms with E-state index in [1.165, 1.54) is 23.5 Å². The molecule has 1 aromatic rings. The van der Waals surface area contributed by atoms with E-state index in [9.17, 15) is 4.79 Å². The van der Waals surface area contributed by atoms with Crippen molar-refractivity contribution in [3.63, 3.8) is 0 Å². The lowest BCUT2D eigenvalue weighted by Gasteiger charge is -1.94. The Morgan fingerprint density at radius 3 is 2.94 bits per heavy atom. The molecule has 0 fully saturated rings. The van der Waals surface area contributed by atoms with Crippen LogP contribution >= 0.6 is 35.1 Å². The summed E-state index contributed by atoms with van der Waals surface area (Å²) >= 11 is 8.51. The molecule has 0 unspecified atom stereocenters. The minimum atomic E-state index is -0.00988. The number of aliphatic imine (C=N–C) groups is 1. The van der Waals surface area contributed by atoms with E-state index in [-0.39, 0.29) is 5.12 Å². The van der Waals surface area contributed by atoms with Crippen LogP contribution in [0.5, 0.6) is 0 Å². The summed E-state index contributed by atoms with van der Waals surface area (Å²) in [5, 5.41) is 0.644. The Morgan fingerprint density at radius 1 is 1.50 bits per heavy atom. The maximum atomic E-state index is 11.6. The van der Waals surface area contributed by atoms with Gasteiger partial charge in [0.2, 0.25) is 5.12 Å². The molecule has 0 bridgehead atoms. The number of thioether (sulfide) groups is 2. The van der Waals surface area contributed by atoms with E-state index in [0.29, 0.717) is 10.7 Å². The normalized spacial score (nSPS) is 18.0. The second-order valence-corrected chi connectivity index (χ2v) is 5.51. The van der Waals surface area contributed by atoms with Crippen molar-refractivity contribution in [2.45, 2.75) is 0 Å². The maximum absolute atomic E-state index is 11.6. The molecule has 2 nitrogen and oxygen atoms in total. The fourth-order valence-corrected chi connectivity index (χ4v) is 2.69. The van der Waals surface area contributed by atoms with Crippen molar-refractivity contribution in [2.24, 2.45) is 4.99 Å². The molecule has 0 saturated heterocycles. The molecule has 5 heteroatoms. The van der Waals surface area contributed by atoms with Crippen molar-refractivity contribution < 1.29 is 4.79 Å². The van der Waals surface area contributed by atoms with E-state index in [4.69, 9.17) is 11.6 Å². The van der Waals surface area contributed by atoms with Gasteiger partial charge >= 0.3 is 0 Å². The molecule has 0 saturated carbocycles. The molecule has 0 aromatic heterocycles. The largest absolute Gasteiger partial charge is 0.279 e. The maximum Gasteiger partial charge on any atom is 0.244 e. The van der Waals surface area contributed by atoms with E-state index in [0.717, 1.165) is 9.94 Å². The molecular weight excluding hydrogens is 262 g/mol. The van der Waals surface area contributed by atoms with Gasteiger partial charge in [0.05, 0.1) is 0 Å². The molecule has 1 aliphatic rings. The predicted molar refractivity (Wildman–Crippen MR) is 73.0 cm³/mol. The van der Waals surface area contributed by atoms with Crippen LogP contribution in [0.4, 0.5) is 0 Å². The van der Waals surface area contributed by atoms with Crippen LogP contribution in [0.3, 0.4) is 0 Å². The van der Waals surface area contributed by atoms with Crippen LogP contribution in [0.2, 0.25) is 5.02 Å². The van der Waals surface area contributed by atoms with Crippen LogP contribution in [0.25, 0.3) is 6.08 Å². The zero-order chi connectivity index (χ0) is 11.5. The first-order chi connectivity index (χ1) is 7.69. The summed E-state index contributed by atoms with van der Waals surface area (Å²) in [6.45, 7) is 0. The SMILES string of the molecule is CSC1=NC(=Cc2cccc(Cl)c2)C(=O)S1. The number of rotatable bonds is 1. The van der Waals surface area contributed by atoms with Gasteiger partial charge in [-0.2, -0.15) is 0 Å². The van der Waals surface area contributed by atoms with Gasteiger partial charge in [0.15, 0.2) is 0 Å². The van der Waals surface area contributed by atoms with Crippen LogP contribution < -0.4 is 0 Å². The topological polar surface area (TPSA) is 29.4 Å². The zero-order valence-corrected chi connectivity index (χ0v) is 10.8. The van der Waals surface area contributed by atoms with Gasteiger partial charge in [-0.25, -0.2) is 4.99 Å². The van der Waals surface area contributed by atoms with Crippen molar-refractivity contribution in [1.82, 2.24) is 0 Å². The number of benzene rings is 1. The van der Waals surface area contributed by atoms with Gasteiger partial charge in [-0.05, 0) is 41.8 Å². The van der Waals surface area contributed by atoms with Gasteiger partial charge in [0, 0.05) is 5.02 Å². The third-order valence-electron chi connectivity index (χ3n) is 1.93. The van der Waals surface area contributed by atoms with Crippen LogP contribution in [0.1, 0.15) is 5.56 Å². The van der Waals surface area contributed by atoms with Gasteiger partial charge in [-0.1, -0.05) is 23.7 Å². The highest BCUT2D eigenvalue weighted by molar-refractivity contribution is 8.45.